The summed E-state index contributed by atoms with van der Waals surface area (Å²) in [7, 11) is -2.35. The Morgan fingerprint density at radius 3 is 2.34 bits per heavy atom. The van der Waals surface area contributed by atoms with Crippen molar-refractivity contribution in [1.29, 1.82) is 0 Å². The fourth-order valence-electron chi connectivity index (χ4n) is 2.35. The van der Waals surface area contributed by atoms with Crippen molar-refractivity contribution in [3.63, 3.8) is 0 Å². The topological polar surface area (TPSA) is 111 Å². The van der Waals surface area contributed by atoms with E-state index in [9.17, 15) is 18.0 Å². The van der Waals surface area contributed by atoms with E-state index in [1.807, 2.05) is 6.92 Å². The summed E-state index contributed by atoms with van der Waals surface area (Å²) in [5.41, 5.74) is 0.539. The average molecular weight is 420 g/mol. The van der Waals surface area contributed by atoms with Gasteiger partial charge in [-0.15, -0.1) is 0 Å². The van der Waals surface area contributed by atoms with Gasteiger partial charge in [0.1, 0.15) is 5.75 Å². The second kappa shape index (κ2) is 10.0. The zero-order valence-electron chi connectivity index (χ0n) is 16.5. The van der Waals surface area contributed by atoms with Crippen molar-refractivity contribution in [1.82, 2.24) is 4.72 Å². The first kappa shape index (κ1) is 22.4. The number of sulfonamides is 1. The van der Waals surface area contributed by atoms with E-state index in [2.05, 4.69) is 14.8 Å². The Hall–Kier alpha value is -2.91. The monoisotopic (exact) mass is 420 g/mol. The van der Waals surface area contributed by atoms with Gasteiger partial charge in [0.2, 0.25) is 10.0 Å². The fourth-order valence-corrected chi connectivity index (χ4v) is 3.67. The van der Waals surface area contributed by atoms with E-state index in [0.29, 0.717) is 17.9 Å². The van der Waals surface area contributed by atoms with Gasteiger partial charge in [-0.3, -0.25) is 4.79 Å². The van der Waals surface area contributed by atoms with Gasteiger partial charge in [0.05, 0.1) is 23.3 Å². The van der Waals surface area contributed by atoms with Crippen LogP contribution >= 0.6 is 0 Å². The smallest absolute Gasteiger partial charge is 0.339 e. The molecule has 0 bridgehead atoms. The molecule has 0 spiro atoms. The molecule has 0 aliphatic rings. The number of carbonyl (C=O) groups excluding carboxylic acids is 2. The lowest BCUT2D eigenvalue weighted by Gasteiger charge is -2.13. The van der Waals surface area contributed by atoms with Gasteiger partial charge in [0, 0.05) is 6.04 Å². The summed E-state index contributed by atoms with van der Waals surface area (Å²) in [6.07, 6.45) is 0.675. The van der Waals surface area contributed by atoms with Crippen LogP contribution in [0.3, 0.4) is 0 Å². The third kappa shape index (κ3) is 6.30. The number of hydrogen-bond acceptors (Lipinski definition) is 6. The predicted octanol–water partition coefficient (Wildman–Crippen LogP) is 2.57. The summed E-state index contributed by atoms with van der Waals surface area (Å²) in [6.45, 7) is 3.36. The maximum Gasteiger partial charge on any atom is 0.339 e. The van der Waals surface area contributed by atoms with Crippen molar-refractivity contribution < 1.29 is 27.5 Å². The van der Waals surface area contributed by atoms with E-state index in [0.717, 1.165) is 0 Å². The van der Waals surface area contributed by atoms with Gasteiger partial charge in [-0.2, -0.15) is 0 Å². The van der Waals surface area contributed by atoms with Crippen molar-refractivity contribution in [3.8, 4) is 5.75 Å². The van der Waals surface area contributed by atoms with Crippen LogP contribution in [-0.2, 0) is 19.6 Å². The maximum absolute atomic E-state index is 12.2. The Morgan fingerprint density at radius 1 is 1.07 bits per heavy atom. The van der Waals surface area contributed by atoms with Gasteiger partial charge in [0.25, 0.3) is 5.91 Å². The highest BCUT2D eigenvalue weighted by atomic mass is 32.2. The summed E-state index contributed by atoms with van der Waals surface area (Å²) in [4.78, 5) is 24.0. The summed E-state index contributed by atoms with van der Waals surface area (Å²) < 4.78 is 37.1. The van der Waals surface area contributed by atoms with Crippen LogP contribution in [0.2, 0.25) is 0 Å². The molecule has 2 aromatic carbocycles. The SMILES string of the molecule is CC[C@@H](C)NS(=O)(=O)c1ccc(OCC(=O)Nc2ccccc2C(=O)OC)cc1. The predicted molar refractivity (Wildman–Crippen MR) is 108 cm³/mol. The van der Waals surface area contributed by atoms with Gasteiger partial charge >= 0.3 is 5.97 Å². The van der Waals surface area contributed by atoms with Crippen LogP contribution in [0.15, 0.2) is 53.4 Å². The largest absolute Gasteiger partial charge is 0.484 e. The molecule has 0 fully saturated rings. The first-order valence-electron chi connectivity index (χ1n) is 8.99. The molecule has 1 amide bonds. The zero-order valence-corrected chi connectivity index (χ0v) is 17.3. The number of nitrogens with one attached hydrogen (secondary N) is 2. The van der Waals surface area contributed by atoms with E-state index in [4.69, 9.17) is 4.74 Å². The molecule has 9 heteroatoms. The van der Waals surface area contributed by atoms with Crippen LogP contribution in [-0.4, -0.2) is 40.1 Å². The normalized spacial score (nSPS) is 12.1. The Bertz CT molecular complexity index is 957. The summed E-state index contributed by atoms with van der Waals surface area (Å²) in [6, 6.07) is 12.0. The molecular weight excluding hydrogens is 396 g/mol. The Balaban J connectivity index is 1.97. The van der Waals surface area contributed by atoms with Gasteiger partial charge in [0.15, 0.2) is 6.61 Å². The number of methoxy groups -OCH3 is 1. The van der Waals surface area contributed by atoms with Gasteiger partial charge in [-0.1, -0.05) is 19.1 Å². The quantitative estimate of drug-likeness (QED) is 0.603. The number of carbonyl (C=O) groups is 2. The molecule has 2 aromatic rings. The lowest BCUT2D eigenvalue weighted by Crippen LogP contribution is -2.31. The first-order valence-corrected chi connectivity index (χ1v) is 10.5. The van der Waals surface area contributed by atoms with Gasteiger partial charge < -0.3 is 14.8 Å². The first-order chi connectivity index (χ1) is 13.8. The number of esters is 1. The lowest BCUT2D eigenvalue weighted by atomic mass is 10.2. The molecule has 156 valence electrons. The lowest BCUT2D eigenvalue weighted by molar-refractivity contribution is -0.118. The molecular formula is C20H24N2O6S. The van der Waals surface area contributed by atoms with Crippen molar-refractivity contribution in [2.24, 2.45) is 0 Å². The summed E-state index contributed by atoms with van der Waals surface area (Å²) >= 11 is 0. The van der Waals surface area contributed by atoms with E-state index in [-0.39, 0.29) is 23.1 Å². The Kier molecular flexibility index (Phi) is 7.74. The molecule has 0 heterocycles. The second-order valence-electron chi connectivity index (χ2n) is 6.28. The third-order valence-electron chi connectivity index (χ3n) is 4.08. The van der Waals surface area contributed by atoms with Crippen LogP contribution in [0.1, 0.15) is 30.6 Å². The minimum atomic E-state index is -3.60. The molecule has 8 nitrogen and oxygen atoms in total. The maximum atomic E-state index is 12.2. The average Bonchev–Trinajstić information content (AvgIpc) is 2.72. The van der Waals surface area contributed by atoms with E-state index >= 15 is 0 Å². The zero-order chi connectivity index (χ0) is 21.4. The molecule has 29 heavy (non-hydrogen) atoms. The summed E-state index contributed by atoms with van der Waals surface area (Å²) in [5.74, 6) is -0.704. The van der Waals surface area contributed by atoms with Crippen LogP contribution in [0.4, 0.5) is 5.69 Å². The number of amides is 1. The standard InChI is InChI=1S/C20H24N2O6S/c1-4-14(2)22-29(25,26)16-11-9-15(10-12-16)28-13-19(23)21-18-8-6-5-7-17(18)20(24)27-3/h5-12,14,22H,4,13H2,1-3H3,(H,21,23)/t14-/m1/s1. The van der Waals surface area contributed by atoms with Crippen molar-refractivity contribution in [2.75, 3.05) is 19.0 Å². The molecule has 1 atom stereocenters. The Labute approximate surface area is 170 Å². The number of para-hydroxylation sites is 1. The fraction of sp³-hybridized carbons (Fsp3) is 0.300. The van der Waals surface area contributed by atoms with E-state index in [1.54, 1.807) is 25.1 Å². The molecule has 0 saturated heterocycles. The van der Waals surface area contributed by atoms with Crippen LogP contribution in [0.5, 0.6) is 5.75 Å². The molecule has 0 radical (unpaired) electrons. The van der Waals surface area contributed by atoms with Crippen molar-refractivity contribution in [2.45, 2.75) is 31.2 Å². The molecule has 0 aliphatic heterocycles. The highest BCUT2D eigenvalue weighted by Gasteiger charge is 2.17. The van der Waals surface area contributed by atoms with Crippen LogP contribution in [0, 0.1) is 0 Å². The van der Waals surface area contributed by atoms with Gasteiger partial charge in [-0.25, -0.2) is 17.9 Å². The summed E-state index contributed by atoms with van der Waals surface area (Å²) in [5, 5.41) is 2.59. The van der Waals surface area contributed by atoms with E-state index in [1.165, 1.54) is 37.4 Å². The number of anilines is 1. The highest BCUT2D eigenvalue weighted by molar-refractivity contribution is 7.89. The Morgan fingerprint density at radius 2 is 1.72 bits per heavy atom. The molecule has 2 N–H and O–H groups in total. The molecule has 0 aliphatic carbocycles. The molecule has 0 unspecified atom stereocenters. The van der Waals surface area contributed by atoms with Crippen LogP contribution in [0.25, 0.3) is 0 Å². The highest BCUT2D eigenvalue weighted by Crippen LogP contribution is 2.18. The molecule has 0 aromatic heterocycles. The minimum Gasteiger partial charge on any atom is -0.484 e. The molecule has 0 saturated carbocycles. The molecule has 2 rings (SSSR count). The van der Waals surface area contributed by atoms with Crippen LogP contribution < -0.4 is 14.8 Å². The number of ether oxygens (including phenoxy) is 2. The number of benzene rings is 2. The van der Waals surface area contributed by atoms with Crippen molar-refractivity contribution >= 4 is 27.6 Å². The number of rotatable bonds is 9. The van der Waals surface area contributed by atoms with Gasteiger partial charge in [-0.05, 0) is 49.7 Å². The van der Waals surface area contributed by atoms with E-state index < -0.39 is 21.9 Å². The third-order valence-corrected chi connectivity index (χ3v) is 5.68. The number of hydrogen-bond donors (Lipinski definition) is 2. The second-order valence-corrected chi connectivity index (χ2v) is 7.99. The minimum absolute atomic E-state index is 0.113. The van der Waals surface area contributed by atoms with Crippen molar-refractivity contribution in [3.05, 3.63) is 54.1 Å².